The maximum Gasteiger partial charge on any atom is 0.222 e. The van der Waals surface area contributed by atoms with Gasteiger partial charge in [0.2, 0.25) is 5.91 Å². The first-order valence-electron chi connectivity index (χ1n) is 5.55. The van der Waals surface area contributed by atoms with Gasteiger partial charge >= 0.3 is 0 Å². The summed E-state index contributed by atoms with van der Waals surface area (Å²) in [6.07, 6.45) is 4.22. The summed E-state index contributed by atoms with van der Waals surface area (Å²) in [6.45, 7) is 4.32. The zero-order valence-electron chi connectivity index (χ0n) is 9.29. The molecule has 0 aromatic heterocycles. The lowest BCUT2D eigenvalue weighted by Gasteiger charge is -2.16. The zero-order chi connectivity index (χ0) is 10.4. The summed E-state index contributed by atoms with van der Waals surface area (Å²) >= 11 is 0. The van der Waals surface area contributed by atoms with E-state index in [4.69, 9.17) is 4.74 Å². The summed E-state index contributed by atoms with van der Waals surface area (Å²) < 4.78 is 5.46. The first-order valence-corrected chi connectivity index (χ1v) is 5.55. The van der Waals surface area contributed by atoms with Crippen molar-refractivity contribution >= 4 is 5.91 Å². The van der Waals surface area contributed by atoms with Gasteiger partial charge in [-0.3, -0.25) is 4.79 Å². The summed E-state index contributed by atoms with van der Waals surface area (Å²) in [5.74, 6) is 1.04. The molecule has 0 spiro atoms. The van der Waals surface area contributed by atoms with Gasteiger partial charge in [-0.15, -0.1) is 0 Å². The minimum atomic E-state index is 0.225. The third-order valence-corrected chi connectivity index (χ3v) is 2.51. The predicted octanol–water partition coefficient (Wildman–Crippen LogP) is 1.67. The van der Waals surface area contributed by atoms with Crippen LogP contribution in [0.5, 0.6) is 0 Å². The highest BCUT2D eigenvalue weighted by Crippen LogP contribution is 2.28. The fourth-order valence-electron chi connectivity index (χ4n) is 1.27. The van der Waals surface area contributed by atoms with E-state index in [1.807, 2.05) is 14.0 Å². The molecule has 0 heterocycles. The average molecular weight is 199 g/mol. The summed E-state index contributed by atoms with van der Waals surface area (Å²) in [7, 11) is 1.85. The quantitative estimate of drug-likeness (QED) is 0.584. The van der Waals surface area contributed by atoms with E-state index < -0.39 is 0 Å². The van der Waals surface area contributed by atoms with Crippen LogP contribution in [0.25, 0.3) is 0 Å². The number of carbonyl (C=O) groups excluding carboxylic acids is 1. The molecule has 1 amide bonds. The Morgan fingerprint density at radius 3 is 2.79 bits per heavy atom. The van der Waals surface area contributed by atoms with Gasteiger partial charge in [0.05, 0.1) is 6.61 Å². The van der Waals surface area contributed by atoms with Crippen molar-refractivity contribution in [3.05, 3.63) is 0 Å². The molecule has 14 heavy (non-hydrogen) atoms. The highest BCUT2D eigenvalue weighted by Gasteiger charge is 2.21. The minimum Gasteiger partial charge on any atom is -0.379 e. The fourth-order valence-corrected chi connectivity index (χ4v) is 1.27. The van der Waals surface area contributed by atoms with Crippen LogP contribution in [0, 0.1) is 5.92 Å². The standard InChI is InChI=1S/C11H21NO2/c1-3-4-11(13)12(2)7-8-14-9-10-5-6-10/h10H,3-9H2,1-2H3. The van der Waals surface area contributed by atoms with E-state index in [2.05, 4.69) is 0 Å². The Labute approximate surface area is 86.4 Å². The van der Waals surface area contributed by atoms with Crippen molar-refractivity contribution in [2.75, 3.05) is 26.8 Å². The van der Waals surface area contributed by atoms with E-state index in [1.165, 1.54) is 12.8 Å². The SMILES string of the molecule is CCCC(=O)N(C)CCOCC1CC1. The third-order valence-electron chi connectivity index (χ3n) is 2.51. The molecular formula is C11H21NO2. The molecule has 0 aromatic rings. The summed E-state index contributed by atoms with van der Waals surface area (Å²) in [4.78, 5) is 13.1. The van der Waals surface area contributed by atoms with Crippen molar-refractivity contribution < 1.29 is 9.53 Å². The monoisotopic (exact) mass is 199 g/mol. The van der Waals surface area contributed by atoms with E-state index in [1.54, 1.807) is 4.90 Å². The van der Waals surface area contributed by atoms with Gasteiger partial charge in [0.25, 0.3) is 0 Å². The number of hydrogen-bond donors (Lipinski definition) is 0. The molecule has 0 radical (unpaired) electrons. The molecular weight excluding hydrogens is 178 g/mol. The molecule has 0 unspecified atom stereocenters. The molecule has 1 aliphatic carbocycles. The Morgan fingerprint density at radius 1 is 1.50 bits per heavy atom. The molecule has 1 fully saturated rings. The number of hydrogen-bond acceptors (Lipinski definition) is 2. The maximum atomic E-state index is 11.4. The van der Waals surface area contributed by atoms with Gasteiger partial charge in [-0.1, -0.05) is 6.92 Å². The largest absolute Gasteiger partial charge is 0.379 e. The molecule has 1 saturated carbocycles. The molecule has 3 heteroatoms. The van der Waals surface area contributed by atoms with Crippen molar-refractivity contribution in [3.63, 3.8) is 0 Å². The Morgan fingerprint density at radius 2 is 2.21 bits per heavy atom. The van der Waals surface area contributed by atoms with Crippen LogP contribution in [0.1, 0.15) is 32.6 Å². The molecule has 0 saturated heterocycles. The van der Waals surface area contributed by atoms with Crippen LogP contribution in [-0.2, 0) is 9.53 Å². The second kappa shape index (κ2) is 6.02. The van der Waals surface area contributed by atoms with Gasteiger partial charge in [-0.2, -0.15) is 0 Å². The first-order chi connectivity index (χ1) is 6.74. The number of carbonyl (C=O) groups is 1. The van der Waals surface area contributed by atoms with Crippen LogP contribution in [0.2, 0.25) is 0 Å². The van der Waals surface area contributed by atoms with Crippen LogP contribution in [-0.4, -0.2) is 37.6 Å². The van der Waals surface area contributed by atoms with Crippen molar-refractivity contribution in [1.82, 2.24) is 4.90 Å². The second-order valence-corrected chi connectivity index (χ2v) is 4.08. The Kier molecular flexibility index (Phi) is 4.94. The molecule has 0 aromatic carbocycles. The van der Waals surface area contributed by atoms with E-state index in [9.17, 15) is 4.79 Å². The Hall–Kier alpha value is -0.570. The number of nitrogens with zero attached hydrogens (tertiary/aromatic N) is 1. The lowest BCUT2D eigenvalue weighted by atomic mass is 10.3. The van der Waals surface area contributed by atoms with Crippen LogP contribution < -0.4 is 0 Å². The van der Waals surface area contributed by atoms with Crippen LogP contribution in [0.15, 0.2) is 0 Å². The van der Waals surface area contributed by atoms with Crippen LogP contribution in [0.3, 0.4) is 0 Å². The maximum absolute atomic E-state index is 11.4. The Balaban J connectivity index is 1.95. The first kappa shape index (κ1) is 11.5. The second-order valence-electron chi connectivity index (χ2n) is 4.08. The minimum absolute atomic E-state index is 0.225. The van der Waals surface area contributed by atoms with Crippen molar-refractivity contribution in [2.45, 2.75) is 32.6 Å². The van der Waals surface area contributed by atoms with Crippen LogP contribution in [0.4, 0.5) is 0 Å². The van der Waals surface area contributed by atoms with Gasteiger partial charge in [0.15, 0.2) is 0 Å². The van der Waals surface area contributed by atoms with Crippen LogP contribution >= 0.6 is 0 Å². The fraction of sp³-hybridized carbons (Fsp3) is 0.909. The van der Waals surface area contributed by atoms with E-state index in [0.717, 1.165) is 25.5 Å². The number of rotatable bonds is 7. The number of likely N-dealkylation sites (N-methyl/N-ethyl adjacent to an activating group) is 1. The van der Waals surface area contributed by atoms with Gasteiger partial charge in [-0.25, -0.2) is 0 Å². The molecule has 3 nitrogen and oxygen atoms in total. The molecule has 0 atom stereocenters. The molecule has 1 rings (SSSR count). The normalized spacial score (nSPS) is 15.6. The number of amides is 1. The molecule has 0 bridgehead atoms. The molecule has 82 valence electrons. The highest BCUT2D eigenvalue weighted by atomic mass is 16.5. The van der Waals surface area contributed by atoms with Gasteiger partial charge in [0.1, 0.15) is 0 Å². The van der Waals surface area contributed by atoms with E-state index in [-0.39, 0.29) is 5.91 Å². The smallest absolute Gasteiger partial charge is 0.222 e. The molecule has 1 aliphatic rings. The van der Waals surface area contributed by atoms with Gasteiger partial charge in [-0.05, 0) is 25.2 Å². The molecule has 0 N–H and O–H groups in total. The van der Waals surface area contributed by atoms with Gasteiger partial charge < -0.3 is 9.64 Å². The topological polar surface area (TPSA) is 29.5 Å². The van der Waals surface area contributed by atoms with Crippen molar-refractivity contribution in [3.8, 4) is 0 Å². The highest BCUT2D eigenvalue weighted by molar-refractivity contribution is 5.75. The molecule has 0 aliphatic heterocycles. The van der Waals surface area contributed by atoms with Crippen molar-refractivity contribution in [1.29, 1.82) is 0 Å². The average Bonchev–Trinajstić information content (AvgIpc) is 2.96. The summed E-state index contributed by atoms with van der Waals surface area (Å²) in [6, 6.07) is 0. The predicted molar refractivity (Wildman–Crippen MR) is 56.1 cm³/mol. The Bertz CT molecular complexity index is 178. The lowest BCUT2D eigenvalue weighted by Crippen LogP contribution is -2.29. The summed E-state index contributed by atoms with van der Waals surface area (Å²) in [5, 5.41) is 0. The van der Waals surface area contributed by atoms with Gasteiger partial charge in [0, 0.05) is 26.6 Å². The lowest BCUT2D eigenvalue weighted by molar-refractivity contribution is -0.130. The number of ether oxygens (including phenoxy) is 1. The third kappa shape index (κ3) is 4.61. The van der Waals surface area contributed by atoms with E-state index >= 15 is 0 Å². The zero-order valence-corrected chi connectivity index (χ0v) is 9.29. The van der Waals surface area contributed by atoms with E-state index in [0.29, 0.717) is 13.0 Å². The summed E-state index contributed by atoms with van der Waals surface area (Å²) in [5.41, 5.74) is 0. The van der Waals surface area contributed by atoms with Crippen molar-refractivity contribution in [2.24, 2.45) is 5.92 Å².